The number of halogens is 1. The molecule has 0 unspecified atom stereocenters. The van der Waals surface area contributed by atoms with Crippen molar-refractivity contribution >= 4 is 5.57 Å². The molecule has 2 aliphatic rings. The summed E-state index contributed by atoms with van der Waals surface area (Å²) >= 11 is 0. The van der Waals surface area contributed by atoms with E-state index >= 15 is 0 Å². The summed E-state index contributed by atoms with van der Waals surface area (Å²) in [6.07, 6.45) is 17.0. The van der Waals surface area contributed by atoms with Crippen LogP contribution in [0.2, 0.25) is 0 Å². The molecule has 0 bridgehead atoms. The molecular formula is C23H33F. The molecule has 1 fully saturated rings. The molecule has 2 aliphatic carbocycles. The van der Waals surface area contributed by atoms with Gasteiger partial charge in [0.1, 0.15) is 0 Å². The van der Waals surface area contributed by atoms with Crippen molar-refractivity contribution in [1.82, 2.24) is 0 Å². The van der Waals surface area contributed by atoms with E-state index in [0.29, 0.717) is 12.3 Å². The van der Waals surface area contributed by atoms with E-state index in [2.05, 4.69) is 25.1 Å². The quantitative estimate of drug-likeness (QED) is 0.520. The third-order valence-electron chi connectivity index (χ3n) is 5.96. The summed E-state index contributed by atoms with van der Waals surface area (Å²) in [6.45, 7) is 2.03. The lowest BCUT2D eigenvalue weighted by Gasteiger charge is -2.29. The predicted molar refractivity (Wildman–Crippen MR) is 102 cm³/mol. The number of rotatable bonds is 6. The van der Waals surface area contributed by atoms with Crippen LogP contribution in [-0.2, 0) is 12.8 Å². The van der Waals surface area contributed by atoms with Crippen molar-refractivity contribution in [3.8, 4) is 0 Å². The Hall–Kier alpha value is -1.11. The second-order valence-corrected chi connectivity index (χ2v) is 7.66. The fourth-order valence-corrected chi connectivity index (χ4v) is 4.85. The predicted octanol–water partition coefficient (Wildman–Crippen LogP) is 7.16. The fourth-order valence-electron chi connectivity index (χ4n) is 4.85. The molecule has 0 nitrogen and oxygen atoms in total. The highest BCUT2D eigenvalue weighted by Crippen LogP contribution is 2.41. The summed E-state index contributed by atoms with van der Waals surface area (Å²) in [4.78, 5) is 0. The molecule has 0 aliphatic heterocycles. The van der Waals surface area contributed by atoms with Crippen LogP contribution in [0.3, 0.4) is 0 Å². The van der Waals surface area contributed by atoms with E-state index in [1.165, 1.54) is 86.5 Å². The van der Waals surface area contributed by atoms with Gasteiger partial charge >= 0.3 is 0 Å². The second-order valence-electron chi connectivity index (χ2n) is 7.66. The molecule has 0 amide bonds. The lowest BCUT2D eigenvalue weighted by atomic mass is 9.76. The van der Waals surface area contributed by atoms with Crippen molar-refractivity contribution in [3.63, 3.8) is 0 Å². The first-order valence-corrected chi connectivity index (χ1v) is 10.2. The van der Waals surface area contributed by atoms with Gasteiger partial charge in [0.25, 0.3) is 0 Å². The highest BCUT2D eigenvalue weighted by Gasteiger charge is 2.24. The van der Waals surface area contributed by atoms with Gasteiger partial charge in [0.15, 0.2) is 0 Å². The van der Waals surface area contributed by atoms with Crippen LogP contribution in [0.5, 0.6) is 0 Å². The number of hydrogen-bond donors (Lipinski definition) is 0. The zero-order valence-electron chi connectivity index (χ0n) is 15.4. The van der Waals surface area contributed by atoms with Gasteiger partial charge < -0.3 is 0 Å². The highest BCUT2D eigenvalue weighted by atomic mass is 19.1. The van der Waals surface area contributed by atoms with Crippen LogP contribution in [0.4, 0.5) is 4.39 Å². The Kier molecular flexibility index (Phi) is 6.51. The Morgan fingerprint density at radius 3 is 2.50 bits per heavy atom. The molecule has 0 atom stereocenters. The summed E-state index contributed by atoms with van der Waals surface area (Å²) in [5.41, 5.74) is 7.30. The topological polar surface area (TPSA) is 0 Å². The van der Waals surface area contributed by atoms with Gasteiger partial charge in [0.2, 0.25) is 0 Å². The molecule has 24 heavy (non-hydrogen) atoms. The molecule has 3 rings (SSSR count). The average molecular weight is 329 g/mol. The fraction of sp³-hybridized carbons (Fsp3) is 0.652. The Bertz CT molecular complexity index is 564. The van der Waals surface area contributed by atoms with Gasteiger partial charge in [-0.25, -0.2) is 0 Å². The molecule has 1 heteroatoms. The molecule has 0 heterocycles. The third kappa shape index (κ3) is 3.92. The maximum atomic E-state index is 13.5. The minimum atomic E-state index is -0.227. The molecule has 1 saturated carbocycles. The normalized spacial score (nSPS) is 19.3. The molecule has 0 N–H and O–H groups in total. The SMILES string of the molecule is CCCc1ccc(C2=CCCCC2)c(CCF)c1C1CCCCC1. The van der Waals surface area contributed by atoms with Crippen LogP contribution in [0.15, 0.2) is 18.2 Å². The largest absolute Gasteiger partial charge is 0.251 e. The van der Waals surface area contributed by atoms with Gasteiger partial charge in [-0.3, -0.25) is 4.39 Å². The number of alkyl halides is 1. The van der Waals surface area contributed by atoms with Crippen LogP contribution in [0.1, 0.15) is 99.3 Å². The first-order valence-electron chi connectivity index (χ1n) is 10.2. The van der Waals surface area contributed by atoms with Crippen molar-refractivity contribution in [3.05, 3.63) is 40.5 Å². The van der Waals surface area contributed by atoms with Gasteiger partial charge in [-0.05, 0) is 78.7 Å². The van der Waals surface area contributed by atoms with E-state index < -0.39 is 0 Å². The van der Waals surface area contributed by atoms with Crippen LogP contribution in [0.25, 0.3) is 5.57 Å². The summed E-state index contributed by atoms with van der Waals surface area (Å²) in [5.74, 6) is 0.672. The summed E-state index contributed by atoms with van der Waals surface area (Å²) in [5, 5.41) is 0. The first kappa shape index (κ1) is 17.7. The van der Waals surface area contributed by atoms with E-state index in [-0.39, 0.29) is 6.67 Å². The molecular weight excluding hydrogens is 295 g/mol. The maximum Gasteiger partial charge on any atom is 0.0935 e. The van der Waals surface area contributed by atoms with Gasteiger partial charge in [0, 0.05) is 6.42 Å². The molecule has 1 aromatic rings. The Morgan fingerprint density at radius 2 is 1.83 bits per heavy atom. The van der Waals surface area contributed by atoms with E-state index in [0.717, 1.165) is 6.42 Å². The Labute approximate surface area is 147 Å². The van der Waals surface area contributed by atoms with Gasteiger partial charge in [0.05, 0.1) is 6.67 Å². The minimum Gasteiger partial charge on any atom is -0.251 e. The Morgan fingerprint density at radius 1 is 1.00 bits per heavy atom. The van der Waals surface area contributed by atoms with Gasteiger partial charge in [-0.15, -0.1) is 0 Å². The Balaban J connectivity index is 2.07. The van der Waals surface area contributed by atoms with Crippen molar-refractivity contribution in [2.75, 3.05) is 6.67 Å². The second kappa shape index (κ2) is 8.83. The number of aryl methyl sites for hydroxylation is 1. The molecule has 0 saturated heterocycles. The van der Waals surface area contributed by atoms with Gasteiger partial charge in [-0.2, -0.15) is 0 Å². The lowest BCUT2D eigenvalue weighted by Crippen LogP contribution is -2.13. The maximum absolute atomic E-state index is 13.5. The molecule has 0 aromatic heterocycles. The van der Waals surface area contributed by atoms with Gasteiger partial charge in [-0.1, -0.05) is 50.8 Å². The molecule has 132 valence electrons. The van der Waals surface area contributed by atoms with Crippen LogP contribution in [0, 0.1) is 0 Å². The lowest BCUT2D eigenvalue weighted by molar-refractivity contribution is 0.435. The third-order valence-corrected chi connectivity index (χ3v) is 5.96. The standard InChI is InChI=1S/C23H33F/c1-2-9-19-14-15-21(18-10-5-3-6-11-18)22(16-17-24)23(19)20-12-7-4-8-13-20/h10,14-15,20H,2-9,11-13,16-17H2,1H3. The van der Waals surface area contributed by atoms with Crippen molar-refractivity contribution in [2.24, 2.45) is 0 Å². The first-order chi connectivity index (χ1) is 11.8. The molecule has 1 aromatic carbocycles. The van der Waals surface area contributed by atoms with Crippen molar-refractivity contribution in [2.45, 2.75) is 89.9 Å². The number of benzene rings is 1. The summed E-state index contributed by atoms with van der Waals surface area (Å²) in [6, 6.07) is 4.69. The van der Waals surface area contributed by atoms with Crippen LogP contribution >= 0.6 is 0 Å². The smallest absolute Gasteiger partial charge is 0.0935 e. The van der Waals surface area contributed by atoms with E-state index in [9.17, 15) is 4.39 Å². The average Bonchev–Trinajstić information content (AvgIpc) is 2.64. The van der Waals surface area contributed by atoms with Crippen molar-refractivity contribution in [1.29, 1.82) is 0 Å². The number of allylic oxidation sites excluding steroid dienone is 2. The van der Waals surface area contributed by atoms with Crippen molar-refractivity contribution < 1.29 is 4.39 Å². The monoisotopic (exact) mass is 328 g/mol. The number of hydrogen-bond acceptors (Lipinski definition) is 0. The highest BCUT2D eigenvalue weighted by molar-refractivity contribution is 5.71. The molecule has 0 radical (unpaired) electrons. The molecule has 0 spiro atoms. The van der Waals surface area contributed by atoms with E-state index in [4.69, 9.17) is 0 Å². The summed E-state index contributed by atoms with van der Waals surface area (Å²) in [7, 11) is 0. The summed E-state index contributed by atoms with van der Waals surface area (Å²) < 4.78 is 13.5. The minimum absolute atomic E-state index is 0.227. The van der Waals surface area contributed by atoms with Crippen LogP contribution in [-0.4, -0.2) is 6.67 Å². The van der Waals surface area contributed by atoms with E-state index in [1.807, 2.05) is 0 Å². The van der Waals surface area contributed by atoms with E-state index in [1.54, 1.807) is 5.56 Å². The van der Waals surface area contributed by atoms with Crippen LogP contribution < -0.4 is 0 Å². The zero-order valence-corrected chi connectivity index (χ0v) is 15.4. The zero-order chi connectivity index (χ0) is 16.8.